The summed E-state index contributed by atoms with van der Waals surface area (Å²) in [6.45, 7) is 7.34. The van der Waals surface area contributed by atoms with Crippen LogP contribution in [0.15, 0.2) is 95.6 Å². The first-order valence-electron chi connectivity index (χ1n) is 12.1. The standard InChI is InChI=1S/C30H33NO4S/c1-22-16-18-25(19-17-22)36(33,34)31(5)30(24-14-10-7-11-15-24)21-26(30)27(35-28(32)29(2,3)4)20-23-12-8-6-9-13-23/h6-20,26H,21H2,1-5H3/b27-20-/t26-,30?/m0/s1. The Hall–Kier alpha value is -3.22. The van der Waals surface area contributed by atoms with Gasteiger partial charge in [0, 0.05) is 13.0 Å². The molecule has 0 saturated heterocycles. The second-order valence-electron chi connectivity index (χ2n) is 10.4. The molecular weight excluding hydrogens is 470 g/mol. The number of hydrogen-bond donors (Lipinski definition) is 0. The first-order chi connectivity index (χ1) is 17.0. The van der Waals surface area contributed by atoms with Gasteiger partial charge in [0.05, 0.1) is 15.8 Å². The van der Waals surface area contributed by atoms with Gasteiger partial charge in [0.1, 0.15) is 5.76 Å². The predicted octanol–water partition coefficient (Wildman–Crippen LogP) is 6.16. The van der Waals surface area contributed by atoms with E-state index in [-0.39, 0.29) is 16.8 Å². The minimum absolute atomic E-state index is 0.233. The molecule has 36 heavy (non-hydrogen) atoms. The maximum absolute atomic E-state index is 13.8. The number of ether oxygens (including phenoxy) is 1. The Labute approximate surface area is 214 Å². The number of hydrogen-bond acceptors (Lipinski definition) is 4. The molecule has 0 radical (unpaired) electrons. The van der Waals surface area contributed by atoms with Crippen LogP contribution in [0.25, 0.3) is 6.08 Å². The van der Waals surface area contributed by atoms with Crippen molar-refractivity contribution in [2.24, 2.45) is 11.3 Å². The highest BCUT2D eigenvalue weighted by Crippen LogP contribution is 2.61. The van der Waals surface area contributed by atoms with E-state index >= 15 is 0 Å². The zero-order chi connectivity index (χ0) is 26.1. The van der Waals surface area contributed by atoms with E-state index in [1.807, 2.05) is 73.7 Å². The summed E-state index contributed by atoms with van der Waals surface area (Å²) in [4.78, 5) is 13.2. The Kier molecular flexibility index (Phi) is 6.95. The third-order valence-corrected chi connectivity index (χ3v) is 8.64. The van der Waals surface area contributed by atoms with Crippen molar-refractivity contribution in [1.82, 2.24) is 4.31 Å². The molecule has 4 rings (SSSR count). The van der Waals surface area contributed by atoms with Crippen LogP contribution in [-0.2, 0) is 25.1 Å². The van der Waals surface area contributed by atoms with Crippen LogP contribution in [-0.4, -0.2) is 25.7 Å². The van der Waals surface area contributed by atoms with Crippen molar-refractivity contribution < 1.29 is 17.9 Å². The first kappa shape index (κ1) is 25.9. The monoisotopic (exact) mass is 503 g/mol. The Balaban J connectivity index is 1.81. The van der Waals surface area contributed by atoms with E-state index in [9.17, 15) is 13.2 Å². The lowest BCUT2D eigenvalue weighted by Gasteiger charge is -2.30. The molecule has 1 aliphatic carbocycles. The van der Waals surface area contributed by atoms with Crippen LogP contribution < -0.4 is 0 Å². The van der Waals surface area contributed by atoms with Gasteiger partial charge in [0.15, 0.2) is 0 Å². The van der Waals surface area contributed by atoms with Gasteiger partial charge >= 0.3 is 5.97 Å². The van der Waals surface area contributed by atoms with Crippen LogP contribution in [0.3, 0.4) is 0 Å². The average molecular weight is 504 g/mol. The van der Waals surface area contributed by atoms with Crippen molar-refractivity contribution in [3.63, 3.8) is 0 Å². The van der Waals surface area contributed by atoms with Gasteiger partial charge in [-0.25, -0.2) is 8.42 Å². The van der Waals surface area contributed by atoms with Crippen LogP contribution in [0.4, 0.5) is 0 Å². The summed E-state index contributed by atoms with van der Waals surface area (Å²) < 4.78 is 35.1. The van der Waals surface area contributed by atoms with Crippen molar-refractivity contribution in [1.29, 1.82) is 0 Å². The second kappa shape index (κ2) is 9.68. The number of rotatable bonds is 7. The molecule has 5 nitrogen and oxygen atoms in total. The predicted molar refractivity (Wildman–Crippen MR) is 142 cm³/mol. The Bertz CT molecular complexity index is 1360. The molecule has 0 bridgehead atoms. The third-order valence-electron chi connectivity index (χ3n) is 6.72. The van der Waals surface area contributed by atoms with Crippen LogP contribution in [0.5, 0.6) is 0 Å². The van der Waals surface area contributed by atoms with Gasteiger partial charge in [-0.3, -0.25) is 4.79 Å². The van der Waals surface area contributed by atoms with Gasteiger partial charge in [-0.2, -0.15) is 4.31 Å². The van der Waals surface area contributed by atoms with Gasteiger partial charge in [0.2, 0.25) is 10.0 Å². The van der Waals surface area contributed by atoms with E-state index in [4.69, 9.17) is 4.74 Å². The molecule has 1 saturated carbocycles. The summed E-state index contributed by atoms with van der Waals surface area (Å²) in [5, 5.41) is 0. The van der Waals surface area contributed by atoms with E-state index in [0.29, 0.717) is 12.2 Å². The minimum atomic E-state index is -3.83. The number of nitrogens with zero attached hydrogens (tertiary/aromatic N) is 1. The molecule has 0 amide bonds. The molecule has 1 aliphatic rings. The van der Waals surface area contributed by atoms with Crippen molar-refractivity contribution in [3.05, 3.63) is 107 Å². The number of benzene rings is 3. The molecule has 1 unspecified atom stereocenters. The molecular formula is C30H33NO4S. The highest BCUT2D eigenvalue weighted by Gasteiger charge is 2.64. The number of carbonyl (C=O) groups is 1. The summed E-state index contributed by atoms with van der Waals surface area (Å²) in [5.74, 6) is -0.227. The van der Waals surface area contributed by atoms with Gasteiger partial charge in [-0.1, -0.05) is 78.4 Å². The van der Waals surface area contributed by atoms with E-state index in [2.05, 4.69) is 0 Å². The Morgan fingerprint density at radius 1 is 0.944 bits per heavy atom. The zero-order valence-corrected chi connectivity index (χ0v) is 22.2. The topological polar surface area (TPSA) is 63.7 Å². The van der Waals surface area contributed by atoms with Crippen molar-refractivity contribution in [3.8, 4) is 0 Å². The summed E-state index contributed by atoms with van der Waals surface area (Å²) in [5.41, 5.74) is 1.14. The molecule has 3 aromatic rings. The lowest BCUT2D eigenvalue weighted by molar-refractivity contribution is -0.148. The molecule has 0 spiro atoms. The molecule has 0 N–H and O–H groups in total. The maximum atomic E-state index is 13.8. The van der Waals surface area contributed by atoms with Crippen molar-refractivity contribution in [2.45, 2.75) is 44.6 Å². The minimum Gasteiger partial charge on any atom is -0.430 e. The molecule has 3 aromatic carbocycles. The second-order valence-corrected chi connectivity index (χ2v) is 12.4. The van der Waals surface area contributed by atoms with Gasteiger partial charge in [-0.05, 0) is 63.5 Å². The SMILES string of the molecule is Cc1ccc(S(=O)(=O)N(C)C2(c3ccccc3)C[C@H]2/C(=C/c2ccccc2)OC(=O)C(C)(C)C)cc1. The van der Waals surface area contributed by atoms with Crippen LogP contribution >= 0.6 is 0 Å². The van der Waals surface area contributed by atoms with E-state index in [1.165, 1.54) is 4.31 Å². The normalized spacial score (nSPS) is 20.3. The Morgan fingerprint density at radius 3 is 2.06 bits per heavy atom. The molecule has 188 valence electrons. The number of esters is 1. The Morgan fingerprint density at radius 2 is 1.50 bits per heavy atom. The molecule has 0 aromatic heterocycles. The number of carbonyl (C=O) groups excluding carboxylic acids is 1. The largest absolute Gasteiger partial charge is 0.430 e. The van der Waals surface area contributed by atoms with Gasteiger partial charge in [0.25, 0.3) is 0 Å². The van der Waals surface area contributed by atoms with Crippen molar-refractivity contribution >= 4 is 22.1 Å². The van der Waals surface area contributed by atoms with Gasteiger partial charge < -0.3 is 4.74 Å². The molecule has 2 atom stereocenters. The van der Waals surface area contributed by atoms with Crippen LogP contribution in [0, 0.1) is 18.3 Å². The summed E-state index contributed by atoms with van der Waals surface area (Å²) in [6.07, 6.45) is 2.35. The van der Waals surface area contributed by atoms with E-state index in [1.54, 1.807) is 52.1 Å². The van der Waals surface area contributed by atoms with Crippen LogP contribution in [0.2, 0.25) is 0 Å². The molecule has 6 heteroatoms. The van der Waals surface area contributed by atoms with E-state index in [0.717, 1.165) is 16.7 Å². The van der Waals surface area contributed by atoms with E-state index < -0.39 is 21.0 Å². The molecule has 1 fully saturated rings. The van der Waals surface area contributed by atoms with Gasteiger partial charge in [-0.15, -0.1) is 0 Å². The fourth-order valence-electron chi connectivity index (χ4n) is 4.42. The first-order valence-corrected chi connectivity index (χ1v) is 13.5. The fraction of sp³-hybridized carbons (Fsp3) is 0.300. The average Bonchev–Trinajstić information content (AvgIpc) is 3.61. The summed E-state index contributed by atoms with van der Waals surface area (Å²) in [6, 6.07) is 26.1. The molecule has 0 heterocycles. The fourth-order valence-corrected chi connectivity index (χ4v) is 5.95. The van der Waals surface area contributed by atoms with Crippen molar-refractivity contribution in [2.75, 3.05) is 7.05 Å². The highest BCUT2D eigenvalue weighted by molar-refractivity contribution is 7.89. The zero-order valence-electron chi connectivity index (χ0n) is 21.4. The number of sulfonamides is 1. The lowest BCUT2D eigenvalue weighted by Crippen LogP contribution is -2.39. The molecule has 0 aliphatic heterocycles. The maximum Gasteiger partial charge on any atom is 0.316 e. The third kappa shape index (κ3) is 5.01. The smallest absolute Gasteiger partial charge is 0.316 e. The summed E-state index contributed by atoms with van der Waals surface area (Å²) in [7, 11) is -2.21. The number of aryl methyl sites for hydroxylation is 1. The summed E-state index contributed by atoms with van der Waals surface area (Å²) >= 11 is 0. The van der Waals surface area contributed by atoms with Crippen LogP contribution in [0.1, 0.15) is 43.9 Å². The lowest BCUT2D eigenvalue weighted by atomic mass is 9.97. The highest BCUT2D eigenvalue weighted by atomic mass is 32.2. The quantitative estimate of drug-likeness (QED) is 0.286.